The zero-order chi connectivity index (χ0) is 18.6. The largest absolute Gasteiger partial charge is 0.299 e. The Labute approximate surface area is 154 Å². The SMILES string of the molecule is CC1(C)CC(=O)CC(=NNC(=O)C(c2ccccc2)c2ccccc2)C1. The fourth-order valence-electron chi connectivity index (χ4n) is 3.57. The number of hydrogen-bond donors (Lipinski definition) is 1. The van der Waals surface area contributed by atoms with Crippen LogP contribution in [-0.2, 0) is 9.59 Å². The van der Waals surface area contributed by atoms with Gasteiger partial charge in [-0.3, -0.25) is 9.59 Å². The quantitative estimate of drug-likeness (QED) is 0.847. The van der Waals surface area contributed by atoms with Crippen LogP contribution in [0.1, 0.15) is 50.2 Å². The summed E-state index contributed by atoms with van der Waals surface area (Å²) in [5, 5.41) is 4.30. The van der Waals surface area contributed by atoms with Gasteiger partial charge >= 0.3 is 0 Å². The maximum atomic E-state index is 12.9. The summed E-state index contributed by atoms with van der Waals surface area (Å²) in [5.41, 5.74) is 5.18. The predicted molar refractivity (Wildman–Crippen MR) is 103 cm³/mol. The highest BCUT2D eigenvalue weighted by Crippen LogP contribution is 2.31. The third-order valence-corrected chi connectivity index (χ3v) is 4.61. The van der Waals surface area contributed by atoms with Gasteiger partial charge in [-0.05, 0) is 23.0 Å². The Kier molecular flexibility index (Phi) is 5.31. The van der Waals surface area contributed by atoms with Crippen LogP contribution >= 0.6 is 0 Å². The van der Waals surface area contributed by atoms with Crippen molar-refractivity contribution in [3.63, 3.8) is 0 Å². The average Bonchev–Trinajstić information content (AvgIpc) is 2.60. The van der Waals surface area contributed by atoms with Crippen molar-refractivity contribution in [2.24, 2.45) is 10.5 Å². The Morgan fingerprint density at radius 2 is 1.50 bits per heavy atom. The molecule has 26 heavy (non-hydrogen) atoms. The second-order valence-electron chi connectivity index (χ2n) is 7.64. The first kappa shape index (κ1) is 18.1. The summed E-state index contributed by atoms with van der Waals surface area (Å²) in [4.78, 5) is 24.8. The number of nitrogens with zero attached hydrogens (tertiary/aromatic N) is 1. The van der Waals surface area contributed by atoms with Gasteiger partial charge < -0.3 is 0 Å². The number of rotatable bonds is 4. The molecule has 4 nitrogen and oxygen atoms in total. The molecule has 0 heterocycles. The summed E-state index contributed by atoms with van der Waals surface area (Å²) in [6.07, 6.45) is 1.61. The molecule has 2 aromatic rings. The highest BCUT2D eigenvalue weighted by atomic mass is 16.2. The molecular formula is C22H24N2O2. The topological polar surface area (TPSA) is 58.5 Å². The number of benzene rings is 2. The molecule has 0 unspecified atom stereocenters. The minimum atomic E-state index is -0.436. The van der Waals surface area contributed by atoms with E-state index in [-0.39, 0.29) is 17.1 Å². The first-order valence-electron chi connectivity index (χ1n) is 8.91. The first-order valence-corrected chi connectivity index (χ1v) is 8.91. The Morgan fingerprint density at radius 1 is 0.962 bits per heavy atom. The Balaban J connectivity index is 1.83. The second-order valence-corrected chi connectivity index (χ2v) is 7.64. The van der Waals surface area contributed by atoms with E-state index >= 15 is 0 Å². The fourth-order valence-corrected chi connectivity index (χ4v) is 3.57. The van der Waals surface area contributed by atoms with Crippen LogP contribution in [-0.4, -0.2) is 17.4 Å². The van der Waals surface area contributed by atoms with Crippen molar-refractivity contribution >= 4 is 17.4 Å². The Bertz CT molecular complexity index is 771. The van der Waals surface area contributed by atoms with E-state index in [1.807, 2.05) is 60.7 Å². The molecule has 0 saturated heterocycles. The zero-order valence-corrected chi connectivity index (χ0v) is 15.2. The van der Waals surface area contributed by atoms with E-state index < -0.39 is 5.92 Å². The normalized spacial score (nSPS) is 18.1. The number of hydrazone groups is 1. The van der Waals surface area contributed by atoms with Gasteiger partial charge in [-0.1, -0.05) is 74.5 Å². The number of hydrogen-bond acceptors (Lipinski definition) is 3. The van der Waals surface area contributed by atoms with Crippen molar-refractivity contribution in [3.8, 4) is 0 Å². The van der Waals surface area contributed by atoms with Gasteiger partial charge in [0.05, 0.1) is 5.92 Å². The van der Waals surface area contributed by atoms with Crippen LogP contribution in [0.2, 0.25) is 0 Å². The van der Waals surface area contributed by atoms with Gasteiger partial charge in [0.15, 0.2) is 0 Å². The van der Waals surface area contributed by atoms with E-state index in [0.717, 1.165) is 23.3 Å². The lowest BCUT2D eigenvalue weighted by atomic mass is 9.76. The summed E-state index contributed by atoms with van der Waals surface area (Å²) in [6.45, 7) is 4.11. The van der Waals surface area contributed by atoms with Crippen molar-refractivity contribution in [2.75, 3.05) is 0 Å². The van der Waals surface area contributed by atoms with Crippen LogP contribution < -0.4 is 5.43 Å². The first-order chi connectivity index (χ1) is 12.4. The lowest BCUT2D eigenvalue weighted by molar-refractivity contribution is -0.122. The van der Waals surface area contributed by atoms with Crippen molar-refractivity contribution in [2.45, 2.75) is 39.0 Å². The molecule has 4 heteroatoms. The summed E-state index contributed by atoms with van der Waals surface area (Å²) in [7, 11) is 0. The van der Waals surface area contributed by atoms with E-state index in [1.165, 1.54) is 0 Å². The third kappa shape index (κ3) is 4.45. The van der Waals surface area contributed by atoms with Gasteiger partial charge in [0, 0.05) is 18.6 Å². The molecule has 0 aliphatic heterocycles. The number of ketones is 1. The molecule has 2 aromatic carbocycles. The van der Waals surface area contributed by atoms with Gasteiger partial charge in [0.25, 0.3) is 5.91 Å². The van der Waals surface area contributed by atoms with Crippen molar-refractivity contribution in [3.05, 3.63) is 71.8 Å². The van der Waals surface area contributed by atoms with E-state index in [4.69, 9.17) is 0 Å². The molecule has 3 rings (SSSR count). The van der Waals surface area contributed by atoms with E-state index in [2.05, 4.69) is 24.4 Å². The van der Waals surface area contributed by atoms with Gasteiger partial charge in [0.2, 0.25) is 0 Å². The minimum Gasteiger partial charge on any atom is -0.299 e. The number of Topliss-reactive ketones (excluding diaryl/α,β-unsaturated/α-hetero) is 1. The van der Waals surface area contributed by atoms with Crippen LogP contribution in [0.4, 0.5) is 0 Å². The molecule has 1 N–H and O–H groups in total. The van der Waals surface area contributed by atoms with Gasteiger partial charge in [0.1, 0.15) is 5.78 Å². The monoisotopic (exact) mass is 348 g/mol. The van der Waals surface area contributed by atoms with Gasteiger partial charge in [-0.25, -0.2) is 5.43 Å². The molecular weight excluding hydrogens is 324 g/mol. The van der Waals surface area contributed by atoms with E-state index in [9.17, 15) is 9.59 Å². The maximum absolute atomic E-state index is 12.9. The van der Waals surface area contributed by atoms with Crippen LogP contribution in [0.25, 0.3) is 0 Å². The lowest BCUT2D eigenvalue weighted by Crippen LogP contribution is -2.32. The van der Waals surface area contributed by atoms with E-state index in [0.29, 0.717) is 12.8 Å². The van der Waals surface area contributed by atoms with Crippen molar-refractivity contribution in [1.29, 1.82) is 0 Å². The maximum Gasteiger partial charge on any atom is 0.252 e. The number of carbonyl (C=O) groups excluding carboxylic acids is 2. The minimum absolute atomic E-state index is 0.100. The standard InChI is InChI=1S/C22H24N2O2/c1-22(2)14-18(13-19(25)15-22)23-24-21(26)20(16-9-5-3-6-10-16)17-11-7-4-8-12-17/h3-12,20H,13-15H2,1-2H3,(H,24,26). The number of carbonyl (C=O) groups is 2. The van der Waals surface area contributed by atoms with Gasteiger partial charge in [-0.15, -0.1) is 0 Å². The number of amides is 1. The average molecular weight is 348 g/mol. The molecule has 0 atom stereocenters. The summed E-state index contributed by atoms with van der Waals surface area (Å²) in [6, 6.07) is 19.3. The summed E-state index contributed by atoms with van der Waals surface area (Å²) < 4.78 is 0. The molecule has 1 aliphatic rings. The van der Waals surface area contributed by atoms with Crippen LogP contribution in [0, 0.1) is 5.41 Å². The Morgan fingerprint density at radius 3 is 2.00 bits per heavy atom. The molecule has 1 saturated carbocycles. The van der Waals surface area contributed by atoms with Crippen molar-refractivity contribution < 1.29 is 9.59 Å². The summed E-state index contributed by atoms with van der Waals surface area (Å²) >= 11 is 0. The number of nitrogens with one attached hydrogen (secondary N) is 1. The van der Waals surface area contributed by atoms with E-state index in [1.54, 1.807) is 0 Å². The molecule has 0 aromatic heterocycles. The highest BCUT2D eigenvalue weighted by Gasteiger charge is 2.31. The van der Waals surface area contributed by atoms with Crippen molar-refractivity contribution in [1.82, 2.24) is 5.43 Å². The lowest BCUT2D eigenvalue weighted by Gasteiger charge is -2.29. The second kappa shape index (κ2) is 7.65. The highest BCUT2D eigenvalue weighted by molar-refractivity contribution is 6.05. The molecule has 1 amide bonds. The molecule has 1 aliphatic carbocycles. The predicted octanol–water partition coefficient (Wildman–Crippen LogP) is 4.07. The molecule has 1 fully saturated rings. The van der Waals surface area contributed by atoms with Crippen LogP contribution in [0.3, 0.4) is 0 Å². The molecule has 0 radical (unpaired) electrons. The fraction of sp³-hybridized carbons (Fsp3) is 0.318. The zero-order valence-electron chi connectivity index (χ0n) is 15.2. The molecule has 134 valence electrons. The molecule has 0 spiro atoms. The smallest absolute Gasteiger partial charge is 0.252 e. The van der Waals surface area contributed by atoms with Crippen LogP contribution in [0.15, 0.2) is 65.8 Å². The summed E-state index contributed by atoms with van der Waals surface area (Å²) in [5.74, 6) is -0.448. The third-order valence-electron chi connectivity index (χ3n) is 4.61. The van der Waals surface area contributed by atoms with Gasteiger partial charge in [-0.2, -0.15) is 5.10 Å². The molecule has 0 bridgehead atoms. The van der Waals surface area contributed by atoms with Crippen LogP contribution in [0.5, 0.6) is 0 Å². The Hall–Kier alpha value is -2.75.